The fourth-order valence-electron chi connectivity index (χ4n) is 3.29. The molecule has 0 aliphatic rings. The molecule has 0 atom stereocenters. The monoisotopic (exact) mass is 384 g/mol. The van der Waals surface area contributed by atoms with Crippen LogP contribution in [0.2, 0.25) is 0 Å². The van der Waals surface area contributed by atoms with Crippen LogP contribution in [0.4, 0.5) is 0 Å². The largest absolute Gasteiger partial charge is 0.466 e. The maximum Gasteiger partial charge on any atom is 0.334 e. The molecule has 0 bridgehead atoms. The Bertz CT molecular complexity index is 974. The first kappa shape index (κ1) is 20.3. The Morgan fingerprint density at radius 3 is 1.38 bits per heavy atom. The summed E-state index contributed by atoms with van der Waals surface area (Å²) in [6.45, 7) is 0. The number of carbonyl (C=O) groups is 2. The van der Waals surface area contributed by atoms with Gasteiger partial charge in [0.15, 0.2) is 5.78 Å². The number of rotatable bonds is 8. The molecule has 0 saturated heterocycles. The molecule has 0 amide bonds. The maximum absolute atomic E-state index is 13.3. The lowest BCUT2D eigenvalue weighted by Crippen LogP contribution is -2.18. The quantitative estimate of drug-likeness (QED) is 0.416. The van der Waals surface area contributed by atoms with Crippen molar-refractivity contribution in [2.24, 2.45) is 0 Å². The van der Waals surface area contributed by atoms with E-state index in [9.17, 15) is 9.59 Å². The van der Waals surface area contributed by atoms with Crippen molar-refractivity contribution in [3.63, 3.8) is 0 Å². The minimum atomic E-state index is -0.457. The topological polar surface area (TPSA) is 43.4 Å². The van der Waals surface area contributed by atoms with Gasteiger partial charge in [0.1, 0.15) is 0 Å². The summed E-state index contributed by atoms with van der Waals surface area (Å²) in [5.74, 6) is -0.516. The maximum atomic E-state index is 13.3. The molecule has 3 heteroatoms. The van der Waals surface area contributed by atoms with Crippen LogP contribution in [0.15, 0.2) is 102 Å². The third-order valence-electron chi connectivity index (χ3n) is 4.79. The lowest BCUT2D eigenvalue weighted by atomic mass is 9.90. The van der Waals surface area contributed by atoms with Crippen molar-refractivity contribution in [2.75, 3.05) is 7.11 Å². The van der Waals surface area contributed by atoms with E-state index in [1.165, 1.54) is 7.11 Å². The van der Waals surface area contributed by atoms with Gasteiger partial charge in [0, 0.05) is 30.4 Å². The minimum absolute atomic E-state index is 0.0589. The summed E-state index contributed by atoms with van der Waals surface area (Å²) in [7, 11) is 1.36. The summed E-state index contributed by atoms with van der Waals surface area (Å²) in [5.41, 5.74) is 3.80. The predicted octanol–water partition coefficient (Wildman–Crippen LogP) is 4.75. The first-order valence-electron chi connectivity index (χ1n) is 9.62. The van der Waals surface area contributed by atoms with Gasteiger partial charge >= 0.3 is 5.97 Å². The molecular weight excluding hydrogens is 360 g/mol. The van der Waals surface area contributed by atoms with Gasteiger partial charge in [0.2, 0.25) is 0 Å². The molecule has 0 unspecified atom stereocenters. The molecule has 3 rings (SSSR count). The molecule has 0 N–H and O–H groups in total. The Balaban J connectivity index is 2.02. The van der Waals surface area contributed by atoms with Crippen LogP contribution < -0.4 is 0 Å². The number of methoxy groups -OCH3 is 1. The fourth-order valence-corrected chi connectivity index (χ4v) is 3.29. The van der Waals surface area contributed by atoms with Gasteiger partial charge in [-0.1, -0.05) is 91.0 Å². The van der Waals surface area contributed by atoms with Crippen molar-refractivity contribution in [3.8, 4) is 0 Å². The van der Waals surface area contributed by atoms with Crippen molar-refractivity contribution >= 4 is 11.8 Å². The van der Waals surface area contributed by atoms with Crippen LogP contribution in [0.3, 0.4) is 0 Å². The van der Waals surface area contributed by atoms with Crippen LogP contribution in [-0.2, 0) is 33.6 Å². The van der Waals surface area contributed by atoms with E-state index >= 15 is 0 Å². The molecule has 0 spiro atoms. The zero-order valence-electron chi connectivity index (χ0n) is 16.5. The molecule has 3 nitrogen and oxygen atoms in total. The number of benzene rings is 3. The highest BCUT2D eigenvalue weighted by Gasteiger charge is 2.22. The highest BCUT2D eigenvalue weighted by atomic mass is 16.5. The van der Waals surface area contributed by atoms with Gasteiger partial charge in [-0.15, -0.1) is 0 Å². The number of esters is 1. The molecule has 0 aromatic heterocycles. The predicted molar refractivity (Wildman–Crippen MR) is 114 cm³/mol. The Hall–Kier alpha value is -3.46. The number of allylic oxidation sites excluding steroid dienone is 1. The summed E-state index contributed by atoms with van der Waals surface area (Å²) in [4.78, 5) is 26.0. The highest BCUT2D eigenvalue weighted by Crippen LogP contribution is 2.21. The van der Waals surface area contributed by atoms with Crippen molar-refractivity contribution in [1.29, 1.82) is 0 Å². The summed E-state index contributed by atoms with van der Waals surface area (Å²) in [6, 6.07) is 29.0. The van der Waals surface area contributed by atoms with E-state index in [1.54, 1.807) is 0 Å². The van der Waals surface area contributed by atoms with Crippen molar-refractivity contribution in [3.05, 3.63) is 119 Å². The molecule has 3 aromatic carbocycles. The number of Topliss-reactive ketones (excluding diaryl/α,β-unsaturated/α-hetero) is 1. The Morgan fingerprint density at radius 2 is 0.966 bits per heavy atom. The van der Waals surface area contributed by atoms with Gasteiger partial charge in [-0.05, 0) is 16.7 Å². The van der Waals surface area contributed by atoms with Crippen molar-refractivity contribution < 1.29 is 14.3 Å². The van der Waals surface area contributed by atoms with Crippen LogP contribution in [0.1, 0.15) is 16.7 Å². The fraction of sp³-hybridized carbons (Fsp3) is 0.154. The molecule has 0 aliphatic carbocycles. The number of ether oxygens (including phenoxy) is 1. The Kier molecular flexibility index (Phi) is 7.12. The normalized spacial score (nSPS) is 11.5. The molecule has 0 radical (unpaired) electrons. The van der Waals surface area contributed by atoms with Gasteiger partial charge in [0.25, 0.3) is 0 Å². The Labute approximate surface area is 171 Å². The highest BCUT2D eigenvalue weighted by molar-refractivity contribution is 6.05. The molecule has 3 aromatic rings. The number of hydrogen-bond donors (Lipinski definition) is 0. The minimum Gasteiger partial charge on any atom is -0.466 e. The van der Waals surface area contributed by atoms with Gasteiger partial charge in [0.05, 0.1) is 7.11 Å². The molecule has 0 heterocycles. The van der Waals surface area contributed by atoms with E-state index in [0.717, 1.165) is 16.7 Å². The van der Waals surface area contributed by atoms with Gasteiger partial charge in [-0.25, -0.2) is 4.79 Å². The SMILES string of the molecule is COC(=O)/C(Cc1ccccc1)=C(/Cc1ccccc1)C(=O)Cc1ccccc1. The average molecular weight is 384 g/mol. The van der Waals surface area contributed by atoms with Crippen molar-refractivity contribution in [2.45, 2.75) is 19.3 Å². The molecule has 146 valence electrons. The Morgan fingerprint density at radius 1 is 0.586 bits per heavy atom. The smallest absolute Gasteiger partial charge is 0.334 e. The first-order valence-corrected chi connectivity index (χ1v) is 9.62. The van der Waals surface area contributed by atoms with Gasteiger partial charge < -0.3 is 4.74 Å². The molecular formula is C26H24O3. The molecule has 0 saturated carbocycles. The summed E-state index contributed by atoms with van der Waals surface area (Å²) in [6.07, 6.45) is 0.998. The van der Waals surface area contributed by atoms with E-state index in [1.807, 2.05) is 91.0 Å². The second-order valence-electron chi connectivity index (χ2n) is 6.86. The number of ketones is 1. The van der Waals surface area contributed by atoms with Crippen LogP contribution in [0.25, 0.3) is 0 Å². The van der Waals surface area contributed by atoms with Gasteiger partial charge in [-0.3, -0.25) is 4.79 Å². The second kappa shape index (κ2) is 10.2. The van der Waals surface area contributed by atoms with E-state index in [2.05, 4.69) is 0 Å². The standard InChI is InChI=1S/C26H24O3/c1-29-26(28)24(18-21-13-7-3-8-14-21)23(17-20-11-5-2-6-12-20)25(27)19-22-15-9-4-10-16-22/h2-16H,17-19H2,1H3/b24-23-. The lowest BCUT2D eigenvalue weighted by Gasteiger charge is -2.14. The zero-order valence-corrected chi connectivity index (χ0v) is 16.5. The van der Waals surface area contributed by atoms with Crippen LogP contribution in [-0.4, -0.2) is 18.9 Å². The summed E-state index contributed by atoms with van der Waals surface area (Å²) >= 11 is 0. The van der Waals surface area contributed by atoms with Gasteiger partial charge in [-0.2, -0.15) is 0 Å². The van der Waals surface area contributed by atoms with Crippen LogP contribution in [0.5, 0.6) is 0 Å². The number of carbonyl (C=O) groups excluding carboxylic acids is 2. The third-order valence-corrected chi connectivity index (χ3v) is 4.79. The average Bonchev–Trinajstić information content (AvgIpc) is 2.77. The molecule has 0 aliphatic heterocycles. The second-order valence-corrected chi connectivity index (χ2v) is 6.86. The van der Waals surface area contributed by atoms with Crippen molar-refractivity contribution in [1.82, 2.24) is 0 Å². The zero-order chi connectivity index (χ0) is 20.5. The number of hydrogen-bond acceptors (Lipinski definition) is 3. The molecule has 0 fully saturated rings. The third kappa shape index (κ3) is 5.76. The van der Waals surface area contributed by atoms with E-state index in [4.69, 9.17) is 4.74 Å². The van der Waals surface area contributed by atoms with E-state index in [-0.39, 0.29) is 12.2 Å². The van der Waals surface area contributed by atoms with Crippen LogP contribution >= 0.6 is 0 Å². The molecule has 29 heavy (non-hydrogen) atoms. The van der Waals surface area contributed by atoms with E-state index < -0.39 is 5.97 Å². The first-order chi connectivity index (χ1) is 14.2. The van der Waals surface area contributed by atoms with E-state index in [0.29, 0.717) is 24.0 Å². The summed E-state index contributed by atoms with van der Waals surface area (Å²) in [5, 5.41) is 0. The summed E-state index contributed by atoms with van der Waals surface area (Å²) < 4.78 is 5.05. The van der Waals surface area contributed by atoms with Crippen LogP contribution in [0, 0.1) is 0 Å². The lowest BCUT2D eigenvalue weighted by molar-refractivity contribution is -0.136.